The molecule has 0 spiro atoms. The molecule has 5 heteroatoms. The summed E-state index contributed by atoms with van der Waals surface area (Å²) in [6.07, 6.45) is 0. The predicted octanol–water partition coefficient (Wildman–Crippen LogP) is 3.77. The quantitative estimate of drug-likeness (QED) is 0.866. The highest BCUT2D eigenvalue weighted by molar-refractivity contribution is 9.10. The Morgan fingerprint density at radius 2 is 1.74 bits per heavy atom. The zero-order valence-electron chi connectivity index (χ0n) is 11.2. The second kappa shape index (κ2) is 6.03. The number of aryl methyl sites for hydroxylation is 2. The minimum Gasteiger partial charge on any atom is -0.326 e. The van der Waals surface area contributed by atoms with Crippen LogP contribution >= 0.6 is 27.7 Å². The molecule has 0 aliphatic heterocycles. The molecule has 0 bridgehead atoms. The van der Waals surface area contributed by atoms with Crippen LogP contribution in [0.25, 0.3) is 0 Å². The molecule has 0 saturated heterocycles. The van der Waals surface area contributed by atoms with E-state index in [0.717, 1.165) is 37.0 Å². The van der Waals surface area contributed by atoms with Crippen LogP contribution < -0.4 is 5.73 Å². The molecule has 19 heavy (non-hydrogen) atoms. The first-order chi connectivity index (χ1) is 8.99. The molecule has 1 aromatic heterocycles. The van der Waals surface area contributed by atoms with E-state index < -0.39 is 0 Å². The van der Waals surface area contributed by atoms with Crippen LogP contribution in [0.5, 0.6) is 0 Å². The average Bonchev–Trinajstić information content (AvgIpc) is 2.35. The van der Waals surface area contributed by atoms with E-state index >= 15 is 0 Å². The van der Waals surface area contributed by atoms with Crippen LogP contribution in [0.2, 0.25) is 0 Å². The maximum atomic E-state index is 5.69. The largest absolute Gasteiger partial charge is 0.326 e. The number of halogens is 1. The van der Waals surface area contributed by atoms with Gasteiger partial charge in [0.25, 0.3) is 0 Å². The molecule has 1 heterocycles. The Labute approximate surface area is 126 Å². The average molecular weight is 338 g/mol. The van der Waals surface area contributed by atoms with Crippen LogP contribution in [0.3, 0.4) is 0 Å². The van der Waals surface area contributed by atoms with Crippen molar-refractivity contribution in [2.45, 2.75) is 37.4 Å². The first-order valence-electron chi connectivity index (χ1n) is 5.99. The second-order valence-electron chi connectivity index (χ2n) is 4.40. The maximum absolute atomic E-state index is 5.69. The highest BCUT2D eigenvalue weighted by Gasteiger charge is 2.07. The fourth-order valence-electron chi connectivity index (χ4n) is 1.69. The van der Waals surface area contributed by atoms with Crippen LogP contribution in [0.15, 0.2) is 32.7 Å². The van der Waals surface area contributed by atoms with Gasteiger partial charge in [-0.1, -0.05) is 15.9 Å². The van der Waals surface area contributed by atoms with Crippen LogP contribution in [-0.2, 0) is 6.54 Å². The van der Waals surface area contributed by atoms with E-state index in [1.807, 2.05) is 26.8 Å². The van der Waals surface area contributed by atoms with Crippen molar-refractivity contribution in [3.8, 4) is 0 Å². The van der Waals surface area contributed by atoms with Gasteiger partial charge in [-0.15, -0.1) is 0 Å². The third-order valence-corrected chi connectivity index (χ3v) is 4.28. The van der Waals surface area contributed by atoms with Crippen LogP contribution in [0, 0.1) is 20.8 Å². The van der Waals surface area contributed by atoms with Gasteiger partial charge in [-0.05, 0) is 61.9 Å². The molecule has 2 N–H and O–H groups in total. The summed E-state index contributed by atoms with van der Waals surface area (Å²) in [5.41, 5.74) is 10.00. The normalized spacial score (nSPS) is 10.8. The smallest absolute Gasteiger partial charge is 0.192 e. The SMILES string of the molecule is Cc1nc(Sc2cc(Br)cc(CN)c2)nc(C)c1C. The van der Waals surface area contributed by atoms with Crippen molar-refractivity contribution in [1.29, 1.82) is 0 Å². The second-order valence-corrected chi connectivity index (χ2v) is 6.36. The molecule has 2 rings (SSSR count). The molecule has 0 fully saturated rings. The number of benzene rings is 1. The molecule has 0 aliphatic rings. The number of hydrogen-bond acceptors (Lipinski definition) is 4. The lowest BCUT2D eigenvalue weighted by molar-refractivity contribution is 0.880. The number of rotatable bonds is 3. The van der Waals surface area contributed by atoms with Gasteiger partial charge in [0.05, 0.1) is 0 Å². The van der Waals surface area contributed by atoms with Gasteiger partial charge in [-0.25, -0.2) is 9.97 Å². The number of nitrogens with zero attached hydrogens (tertiary/aromatic N) is 2. The summed E-state index contributed by atoms with van der Waals surface area (Å²) < 4.78 is 1.03. The Kier molecular flexibility index (Phi) is 4.60. The van der Waals surface area contributed by atoms with E-state index in [9.17, 15) is 0 Å². The molecule has 1 aromatic carbocycles. The summed E-state index contributed by atoms with van der Waals surface area (Å²) in [7, 11) is 0. The summed E-state index contributed by atoms with van der Waals surface area (Å²) in [4.78, 5) is 10.1. The molecule has 0 unspecified atom stereocenters. The fourth-order valence-corrected chi connectivity index (χ4v) is 3.35. The number of aromatic nitrogens is 2. The summed E-state index contributed by atoms with van der Waals surface area (Å²) in [6, 6.07) is 6.15. The van der Waals surface area contributed by atoms with Gasteiger partial charge in [0, 0.05) is 27.3 Å². The minimum absolute atomic E-state index is 0.528. The highest BCUT2D eigenvalue weighted by atomic mass is 79.9. The van der Waals surface area contributed by atoms with E-state index in [0.29, 0.717) is 6.54 Å². The predicted molar refractivity (Wildman–Crippen MR) is 82.4 cm³/mol. The first-order valence-corrected chi connectivity index (χ1v) is 7.60. The monoisotopic (exact) mass is 337 g/mol. The highest BCUT2D eigenvalue weighted by Crippen LogP contribution is 2.29. The van der Waals surface area contributed by atoms with Gasteiger partial charge in [0.1, 0.15) is 0 Å². The maximum Gasteiger partial charge on any atom is 0.192 e. The zero-order chi connectivity index (χ0) is 14.0. The summed E-state index contributed by atoms with van der Waals surface area (Å²) in [6.45, 7) is 6.60. The van der Waals surface area contributed by atoms with E-state index in [-0.39, 0.29) is 0 Å². The van der Waals surface area contributed by atoms with E-state index in [2.05, 4.69) is 38.0 Å². The Hall–Kier alpha value is -0.910. The zero-order valence-corrected chi connectivity index (χ0v) is 13.6. The van der Waals surface area contributed by atoms with Crippen molar-refractivity contribution in [3.63, 3.8) is 0 Å². The summed E-state index contributed by atoms with van der Waals surface area (Å²) >= 11 is 5.06. The molecular weight excluding hydrogens is 322 g/mol. The number of nitrogens with two attached hydrogens (primary N) is 1. The molecule has 0 radical (unpaired) electrons. The molecule has 100 valence electrons. The van der Waals surface area contributed by atoms with E-state index in [1.54, 1.807) is 11.8 Å². The lowest BCUT2D eigenvalue weighted by atomic mass is 10.2. The van der Waals surface area contributed by atoms with Crippen molar-refractivity contribution >= 4 is 27.7 Å². The van der Waals surface area contributed by atoms with Gasteiger partial charge >= 0.3 is 0 Å². The first kappa shape index (κ1) is 14.5. The van der Waals surface area contributed by atoms with Crippen molar-refractivity contribution in [3.05, 3.63) is 45.2 Å². The van der Waals surface area contributed by atoms with Gasteiger partial charge in [0.2, 0.25) is 0 Å². The molecule has 0 atom stereocenters. The molecule has 2 aromatic rings. The molecule has 0 saturated carbocycles. The molecule has 0 aliphatic carbocycles. The lowest BCUT2D eigenvalue weighted by Gasteiger charge is -2.08. The standard InChI is InChI=1S/C14H16BrN3S/c1-8-9(2)17-14(18-10(8)3)19-13-5-11(7-16)4-12(15)6-13/h4-6H,7,16H2,1-3H3. The van der Waals surface area contributed by atoms with Crippen molar-refractivity contribution in [2.24, 2.45) is 5.73 Å². The molecular formula is C14H16BrN3S. The van der Waals surface area contributed by atoms with Crippen molar-refractivity contribution in [2.75, 3.05) is 0 Å². The Morgan fingerprint density at radius 3 is 2.32 bits per heavy atom. The Morgan fingerprint density at radius 1 is 1.11 bits per heavy atom. The van der Waals surface area contributed by atoms with Crippen molar-refractivity contribution < 1.29 is 0 Å². The third-order valence-electron chi connectivity index (χ3n) is 2.99. The molecule has 3 nitrogen and oxygen atoms in total. The summed E-state index contributed by atoms with van der Waals surface area (Å²) in [5.74, 6) is 0. The fraction of sp³-hybridized carbons (Fsp3) is 0.286. The van der Waals surface area contributed by atoms with Gasteiger partial charge < -0.3 is 5.73 Å². The topological polar surface area (TPSA) is 51.8 Å². The minimum atomic E-state index is 0.528. The van der Waals surface area contributed by atoms with Crippen LogP contribution in [0.1, 0.15) is 22.5 Å². The van der Waals surface area contributed by atoms with E-state index in [4.69, 9.17) is 5.73 Å². The Bertz CT molecular complexity index is 591. The third kappa shape index (κ3) is 3.55. The lowest BCUT2D eigenvalue weighted by Crippen LogP contribution is -1.99. The van der Waals surface area contributed by atoms with Crippen molar-refractivity contribution in [1.82, 2.24) is 9.97 Å². The van der Waals surface area contributed by atoms with Gasteiger partial charge in [-0.2, -0.15) is 0 Å². The van der Waals surface area contributed by atoms with Crippen LogP contribution in [0.4, 0.5) is 0 Å². The van der Waals surface area contributed by atoms with Crippen LogP contribution in [-0.4, -0.2) is 9.97 Å². The van der Waals surface area contributed by atoms with Gasteiger partial charge in [-0.3, -0.25) is 0 Å². The van der Waals surface area contributed by atoms with Gasteiger partial charge in [0.15, 0.2) is 5.16 Å². The molecule has 0 amide bonds. The Balaban J connectivity index is 2.33. The number of hydrogen-bond donors (Lipinski definition) is 1. The van der Waals surface area contributed by atoms with E-state index in [1.165, 1.54) is 0 Å². The summed E-state index contributed by atoms with van der Waals surface area (Å²) in [5, 5.41) is 0.779.